The summed E-state index contributed by atoms with van der Waals surface area (Å²) in [6.45, 7) is 0. The molecular formula is C62H38N2. The number of fused-ring (bicyclic) bond motifs is 9. The van der Waals surface area contributed by atoms with Crippen LogP contribution in [-0.4, -0.2) is 9.97 Å². The van der Waals surface area contributed by atoms with Gasteiger partial charge in [0.05, 0.1) is 11.0 Å². The summed E-state index contributed by atoms with van der Waals surface area (Å²) in [6, 6.07) is 79.3. The molecule has 0 saturated carbocycles. The first-order valence-corrected chi connectivity index (χ1v) is 22.0. The zero-order chi connectivity index (χ0) is 42.1. The monoisotopic (exact) mass is 810 g/mol. The van der Waals surface area contributed by atoms with E-state index in [1.807, 2.05) is 0 Å². The third kappa shape index (κ3) is 5.59. The van der Waals surface area contributed by atoms with Crippen LogP contribution in [-0.2, 0) is 0 Å². The van der Waals surface area contributed by atoms with Crippen LogP contribution in [0.15, 0.2) is 231 Å². The molecule has 2 nitrogen and oxygen atoms in total. The van der Waals surface area contributed by atoms with Gasteiger partial charge < -0.3 is 0 Å². The molecule has 0 aliphatic carbocycles. The Balaban J connectivity index is 0.964. The molecule has 0 fully saturated rings. The molecule has 64 heavy (non-hydrogen) atoms. The van der Waals surface area contributed by atoms with E-state index in [0.29, 0.717) is 0 Å². The maximum Gasteiger partial charge on any atom is 0.0708 e. The second kappa shape index (κ2) is 14.6. The molecule has 296 valence electrons. The lowest BCUT2D eigenvalue weighted by Crippen LogP contribution is -1.94. The predicted octanol–water partition coefficient (Wildman–Crippen LogP) is 16.9. The molecule has 2 aromatic heterocycles. The standard InChI is InChI=1S/C62H38N2/c1-2-16-42(17-3-1)59-49-22-8-6-20-47(49)57(53-37-63-55-27-12-10-24-51(55)61(53)59)43-33-29-39(30-34-43)40-31-35-44(36-32-40)58-48-21-7-9-23-50(48)60(46-26-14-18-41-15-4-5-19-45(41)46)62-52-25-11-13-28-56(52)64-38-54(58)62/h1-38H. The van der Waals surface area contributed by atoms with Gasteiger partial charge in [0, 0.05) is 44.7 Å². The van der Waals surface area contributed by atoms with Crippen LogP contribution in [0.2, 0.25) is 0 Å². The minimum absolute atomic E-state index is 0.995. The van der Waals surface area contributed by atoms with Gasteiger partial charge in [-0.15, -0.1) is 0 Å². The number of nitrogens with zero attached hydrogens (tertiary/aromatic N) is 2. The largest absolute Gasteiger partial charge is 0.256 e. The molecule has 13 rings (SSSR count). The molecule has 0 bridgehead atoms. The first kappa shape index (κ1) is 36.2. The summed E-state index contributed by atoms with van der Waals surface area (Å²) in [6.07, 6.45) is 4.18. The highest BCUT2D eigenvalue weighted by atomic mass is 14.7. The topological polar surface area (TPSA) is 25.8 Å². The summed E-state index contributed by atoms with van der Waals surface area (Å²) in [5.74, 6) is 0. The van der Waals surface area contributed by atoms with Crippen LogP contribution >= 0.6 is 0 Å². The van der Waals surface area contributed by atoms with E-state index in [4.69, 9.17) is 9.97 Å². The van der Waals surface area contributed by atoms with Crippen LogP contribution in [0.5, 0.6) is 0 Å². The molecule has 11 aromatic carbocycles. The maximum absolute atomic E-state index is 5.07. The van der Waals surface area contributed by atoms with Gasteiger partial charge in [-0.2, -0.15) is 0 Å². The van der Waals surface area contributed by atoms with Crippen molar-refractivity contribution in [3.63, 3.8) is 0 Å². The molecule has 0 aliphatic heterocycles. The van der Waals surface area contributed by atoms with Crippen molar-refractivity contribution in [2.24, 2.45) is 0 Å². The van der Waals surface area contributed by atoms with Crippen molar-refractivity contribution in [2.75, 3.05) is 0 Å². The molecule has 2 heteroatoms. The zero-order valence-corrected chi connectivity index (χ0v) is 34.8. The fourth-order valence-corrected chi connectivity index (χ4v) is 10.5. The fourth-order valence-electron chi connectivity index (χ4n) is 10.5. The summed E-state index contributed by atoms with van der Waals surface area (Å²) in [5, 5.41) is 14.5. The van der Waals surface area contributed by atoms with E-state index in [9.17, 15) is 0 Å². The summed E-state index contributed by atoms with van der Waals surface area (Å²) in [7, 11) is 0. The Morgan fingerprint density at radius 2 is 0.594 bits per heavy atom. The summed E-state index contributed by atoms with van der Waals surface area (Å²) < 4.78 is 0. The molecule has 0 N–H and O–H groups in total. The molecule has 0 radical (unpaired) electrons. The summed E-state index contributed by atoms with van der Waals surface area (Å²) in [5.41, 5.74) is 14.0. The first-order valence-electron chi connectivity index (χ1n) is 22.0. The Bertz CT molecular complexity index is 3980. The quantitative estimate of drug-likeness (QED) is 0.128. The van der Waals surface area contributed by atoms with Crippen LogP contribution in [0.3, 0.4) is 0 Å². The lowest BCUT2D eigenvalue weighted by atomic mass is 9.84. The van der Waals surface area contributed by atoms with Crippen molar-refractivity contribution in [1.29, 1.82) is 0 Å². The molecule has 0 unspecified atom stereocenters. The average molecular weight is 811 g/mol. The lowest BCUT2D eigenvalue weighted by Gasteiger charge is -2.20. The minimum Gasteiger partial charge on any atom is -0.256 e. The van der Waals surface area contributed by atoms with E-state index < -0.39 is 0 Å². The summed E-state index contributed by atoms with van der Waals surface area (Å²) >= 11 is 0. The fraction of sp³-hybridized carbons (Fsp3) is 0. The van der Waals surface area contributed by atoms with Crippen LogP contribution in [0.25, 0.3) is 131 Å². The third-order valence-corrected chi connectivity index (χ3v) is 13.3. The highest BCUT2D eigenvalue weighted by molar-refractivity contribution is 6.29. The smallest absolute Gasteiger partial charge is 0.0708 e. The van der Waals surface area contributed by atoms with Crippen molar-refractivity contribution in [3.05, 3.63) is 231 Å². The Kier molecular flexibility index (Phi) is 8.25. The highest BCUT2D eigenvalue weighted by Crippen LogP contribution is 2.49. The van der Waals surface area contributed by atoms with Crippen LogP contribution < -0.4 is 0 Å². The predicted molar refractivity (Wildman–Crippen MR) is 272 cm³/mol. The highest BCUT2D eigenvalue weighted by Gasteiger charge is 2.22. The molecule has 13 aromatic rings. The van der Waals surface area contributed by atoms with Crippen molar-refractivity contribution in [1.82, 2.24) is 9.97 Å². The Morgan fingerprint density at radius 3 is 1.14 bits per heavy atom. The number of benzene rings is 11. The first-order chi connectivity index (χ1) is 31.8. The van der Waals surface area contributed by atoms with E-state index in [1.54, 1.807) is 0 Å². The van der Waals surface area contributed by atoms with Crippen LogP contribution in [0, 0.1) is 0 Å². The van der Waals surface area contributed by atoms with Gasteiger partial charge >= 0.3 is 0 Å². The normalized spacial score (nSPS) is 11.8. The molecule has 0 saturated heterocycles. The lowest BCUT2D eigenvalue weighted by molar-refractivity contribution is 1.44. The number of para-hydroxylation sites is 2. The minimum atomic E-state index is 0.995. The molecule has 0 atom stereocenters. The average Bonchev–Trinajstić information content (AvgIpc) is 3.37. The van der Waals surface area contributed by atoms with Gasteiger partial charge in [0.2, 0.25) is 0 Å². The van der Waals surface area contributed by atoms with Gasteiger partial charge in [0.25, 0.3) is 0 Å². The van der Waals surface area contributed by atoms with Gasteiger partial charge in [0.1, 0.15) is 0 Å². The molecule has 0 amide bonds. The second-order valence-electron chi connectivity index (χ2n) is 16.8. The Labute approximate surface area is 370 Å². The van der Waals surface area contributed by atoms with Crippen molar-refractivity contribution in [2.45, 2.75) is 0 Å². The number of hydrogen-bond donors (Lipinski definition) is 0. The number of aromatic nitrogens is 2. The maximum atomic E-state index is 5.07. The van der Waals surface area contributed by atoms with Gasteiger partial charge in [-0.3, -0.25) is 9.97 Å². The van der Waals surface area contributed by atoms with Crippen molar-refractivity contribution < 1.29 is 0 Å². The van der Waals surface area contributed by atoms with E-state index in [1.165, 1.54) is 98.7 Å². The molecule has 0 spiro atoms. The van der Waals surface area contributed by atoms with E-state index >= 15 is 0 Å². The van der Waals surface area contributed by atoms with Gasteiger partial charge in [0.15, 0.2) is 0 Å². The molecule has 2 heterocycles. The van der Waals surface area contributed by atoms with Gasteiger partial charge in [-0.05, 0) is 100 Å². The van der Waals surface area contributed by atoms with Gasteiger partial charge in [-0.25, -0.2) is 0 Å². The number of pyridine rings is 2. The van der Waals surface area contributed by atoms with Crippen molar-refractivity contribution >= 4 is 75.7 Å². The number of rotatable bonds is 5. The van der Waals surface area contributed by atoms with E-state index in [0.717, 1.165) is 32.6 Å². The van der Waals surface area contributed by atoms with Crippen LogP contribution in [0.4, 0.5) is 0 Å². The van der Waals surface area contributed by atoms with Crippen LogP contribution in [0.1, 0.15) is 0 Å². The van der Waals surface area contributed by atoms with Crippen molar-refractivity contribution in [3.8, 4) is 55.6 Å². The summed E-state index contributed by atoms with van der Waals surface area (Å²) in [4.78, 5) is 10.1. The number of hydrogen-bond acceptors (Lipinski definition) is 2. The molecular weight excluding hydrogens is 773 g/mol. The SMILES string of the molecule is c1ccc(-c2c3ccccc3c(-c3ccc(-c4ccc(-c5c6ccccc6c(-c6cccc7ccccc67)c6c5cnc5ccccc56)cc4)cc3)c3cnc4ccccc4c23)cc1. The Hall–Kier alpha value is -8.46. The van der Waals surface area contributed by atoms with Gasteiger partial charge in [-0.1, -0.05) is 206 Å². The second-order valence-corrected chi connectivity index (χ2v) is 16.8. The molecule has 0 aliphatic rings. The Morgan fingerprint density at radius 1 is 0.219 bits per heavy atom. The van der Waals surface area contributed by atoms with E-state index in [-0.39, 0.29) is 0 Å². The van der Waals surface area contributed by atoms with E-state index in [2.05, 4.69) is 231 Å². The zero-order valence-electron chi connectivity index (χ0n) is 34.8. The third-order valence-electron chi connectivity index (χ3n) is 13.3.